The van der Waals surface area contributed by atoms with Gasteiger partial charge in [-0.1, -0.05) is 24.3 Å². The molecule has 2 aliphatic heterocycles. The van der Waals surface area contributed by atoms with Gasteiger partial charge in [0.05, 0.1) is 11.6 Å². The molecular formula is C25H26FNO3. The third-order valence-corrected chi connectivity index (χ3v) is 7.07. The second kappa shape index (κ2) is 7.95. The van der Waals surface area contributed by atoms with Crippen LogP contribution in [-0.2, 0) is 14.3 Å². The predicted molar refractivity (Wildman–Crippen MR) is 112 cm³/mol. The van der Waals surface area contributed by atoms with E-state index in [-0.39, 0.29) is 35.6 Å². The molecule has 4 nitrogen and oxygen atoms in total. The topological polar surface area (TPSA) is 48.4 Å². The number of cyclic esters (lactones) is 1. The van der Waals surface area contributed by atoms with Crippen molar-refractivity contribution in [3.63, 3.8) is 0 Å². The molecule has 6 atom stereocenters. The Morgan fingerprint density at radius 3 is 2.90 bits per heavy atom. The number of esters is 1. The monoisotopic (exact) mass is 407 g/mol. The minimum atomic E-state index is -0.253. The Morgan fingerprint density at radius 1 is 1.20 bits per heavy atom. The Morgan fingerprint density at radius 2 is 2.10 bits per heavy atom. The van der Waals surface area contributed by atoms with Crippen molar-refractivity contribution in [2.24, 2.45) is 29.6 Å². The second-order valence-electron chi connectivity index (χ2n) is 8.77. The number of benzene rings is 1. The van der Waals surface area contributed by atoms with Gasteiger partial charge in [0.1, 0.15) is 11.9 Å². The van der Waals surface area contributed by atoms with E-state index in [1.54, 1.807) is 12.3 Å². The third kappa shape index (κ3) is 3.56. The molecule has 0 radical (unpaired) electrons. The summed E-state index contributed by atoms with van der Waals surface area (Å²) in [5.74, 6) is 1.10. The van der Waals surface area contributed by atoms with Gasteiger partial charge in [-0.05, 0) is 67.4 Å². The first-order valence-electron chi connectivity index (χ1n) is 10.8. The summed E-state index contributed by atoms with van der Waals surface area (Å²) in [5.41, 5.74) is 2.56. The van der Waals surface area contributed by atoms with Gasteiger partial charge in [-0.2, -0.15) is 0 Å². The smallest absolute Gasteiger partial charge is 0.309 e. The van der Waals surface area contributed by atoms with Crippen LogP contribution >= 0.6 is 0 Å². The summed E-state index contributed by atoms with van der Waals surface area (Å²) in [6.07, 6.45) is 7.93. The summed E-state index contributed by atoms with van der Waals surface area (Å²) < 4.78 is 24.8. The number of fused-ring (bicyclic) bond motifs is 2. The Hall–Kier alpha value is -2.53. The summed E-state index contributed by atoms with van der Waals surface area (Å²) in [5, 5.41) is 0. The van der Waals surface area contributed by atoms with Crippen molar-refractivity contribution < 1.29 is 18.7 Å². The van der Waals surface area contributed by atoms with Gasteiger partial charge in [0, 0.05) is 30.9 Å². The van der Waals surface area contributed by atoms with E-state index in [2.05, 4.69) is 17.1 Å². The fraction of sp³-hybridized carbons (Fsp3) is 0.440. The first kappa shape index (κ1) is 19.4. The van der Waals surface area contributed by atoms with Gasteiger partial charge < -0.3 is 9.47 Å². The van der Waals surface area contributed by atoms with Crippen LogP contribution in [-0.4, -0.2) is 30.3 Å². The van der Waals surface area contributed by atoms with Crippen LogP contribution in [0.2, 0.25) is 0 Å². The maximum Gasteiger partial charge on any atom is 0.309 e. The third-order valence-electron chi connectivity index (χ3n) is 7.07. The standard InChI is InChI=1S/C25H26FNO3/c1-15-24-22(21-9-10-29-14-18(21)12-23(24)25(28)30-15)8-7-20-6-5-17(13-27-20)16-3-2-4-19(26)11-16/h2-8,11,13,15,18,21-24H,9-10,12,14H2,1H3/t15-,18-,21-,22+,23-,24+/m1/s1. The van der Waals surface area contributed by atoms with E-state index in [0.717, 1.165) is 42.9 Å². The number of rotatable bonds is 3. The Kier molecular flexibility index (Phi) is 5.15. The minimum absolute atomic E-state index is 0.0269. The molecule has 0 bridgehead atoms. The highest BCUT2D eigenvalue weighted by molar-refractivity contribution is 5.75. The zero-order valence-electron chi connectivity index (χ0n) is 17.0. The average Bonchev–Trinajstić information content (AvgIpc) is 3.05. The molecular weight excluding hydrogens is 381 g/mol. The van der Waals surface area contributed by atoms with Crippen LogP contribution < -0.4 is 0 Å². The van der Waals surface area contributed by atoms with Gasteiger partial charge in [0.2, 0.25) is 0 Å². The molecule has 5 rings (SSSR count). The molecule has 0 unspecified atom stereocenters. The largest absolute Gasteiger partial charge is 0.462 e. The van der Waals surface area contributed by atoms with E-state index in [0.29, 0.717) is 11.8 Å². The second-order valence-corrected chi connectivity index (χ2v) is 8.77. The van der Waals surface area contributed by atoms with E-state index in [9.17, 15) is 9.18 Å². The molecule has 0 N–H and O–H groups in total. The number of allylic oxidation sites excluding steroid dienone is 1. The van der Waals surface area contributed by atoms with Crippen LogP contribution in [0.4, 0.5) is 4.39 Å². The number of aromatic nitrogens is 1. The van der Waals surface area contributed by atoms with Gasteiger partial charge in [-0.25, -0.2) is 4.39 Å². The van der Waals surface area contributed by atoms with Crippen LogP contribution in [0.5, 0.6) is 0 Å². The number of halogens is 1. The molecule has 1 saturated carbocycles. The Balaban J connectivity index is 1.39. The minimum Gasteiger partial charge on any atom is -0.462 e. The molecule has 3 heterocycles. The summed E-state index contributed by atoms with van der Waals surface area (Å²) in [7, 11) is 0. The zero-order chi connectivity index (χ0) is 20.7. The molecule has 2 aromatic rings. The van der Waals surface area contributed by atoms with E-state index in [1.165, 1.54) is 12.1 Å². The van der Waals surface area contributed by atoms with E-state index >= 15 is 0 Å². The van der Waals surface area contributed by atoms with E-state index in [1.807, 2.05) is 25.1 Å². The van der Waals surface area contributed by atoms with E-state index < -0.39 is 0 Å². The number of hydrogen-bond acceptors (Lipinski definition) is 4. The van der Waals surface area contributed by atoms with Crippen LogP contribution in [0.15, 0.2) is 48.7 Å². The fourth-order valence-corrected chi connectivity index (χ4v) is 5.67. The maximum absolute atomic E-state index is 13.5. The molecule has 1 aromatic carbocycles. The summed E-state index contributed by atoms with van der Waals surface area (Å²) >= 11 is 0. The number of ether oxygens (including phenoxy) is 2. The number of carbonyl (C=O) groups is 1. The van der Waals surface area contributed by atoms with Crippen LogP contribution in [0.25, 0.3) is 17.2 Å². The van der Waals surface area contributed by atoms with Crippen molar-refractivity contribution in [1.29, 1.82) is 0 Å². The molecule has 156 valence electrons. The fourth-order valence-electron chi connectivity index (χ4n) is 5.67. The highest BCUT2D eigenvalue weighted by Gasteiger charge is 2.54. The molecule has 2 saturated heterocycles. The summed E-state index contributed by atoms with van der Waals surface area (Å²) in [6, 6.07) is 10.5. The lowest BCUT2D eigenvalue weighted by Crippen LogP contribution is -2.45. The molecule has 1 aliphatic carbocycles. The van der Waals surface area contributed by atoms with Crippen molar-refractivity contribution in [2.75, 3.05) is 13.2 Å². The van der Waals surface area contributed by atoms with E-state index in [4.69, 9.17) is 9.47 Å². The number of hydrogen-bond donors (Lipinski definition) is 0. The summed E-state index contributed by atoms with van der Waals surface area (Å²) in [6.45, 7) is 3.54. The Bertz CT molecular complexity index is 957. The maximum atomic E-state index is 13.5. The van der Waals surface area contributed by atoms with Gasteiger partial charge in [0.15, 0.2) is 0 Å². The molecule has 5 heteroatoms. The number of carbonyl (C=O) groups excluding carboxylic acids is 1. The van der Waals surface area contributed by atoms with Crippen molar-refractivity contribution in [1.82, 2.24) is 4.98 Å². The normalized spacial score (nSPS) is 33.2. The lowest BCUT2D eigenvalue weighted by atomic mass is 9.60. The molecule has 3 fully saturated rings. The highest BCUT2D eigenvalue weighted by atomic mass is 19.1. The van der Waals surface area contributed by atoms with Gasteiger partial charge in [-0.3, -0.25) is 9.78 Å². The first-order chi connectivity index (χ1) is 14.6. The lowest BCUT2D eigenvalue weighted by Gasteiger charge is -2.45. The van der Waals surface area contributed by atoms with Crippen molar-refractivity contribution in [2.45, 2.75) is 25.9 Å². The quantitative estimate of drug-likeness (QED) is 0.689. The van der Waals surface area contributed by atoms with Crippen molar-refractivity contribution >= 4 is 12.0 Å². The van der Waals surface area contributed by atoms with Gasteiger partial charge in [0.25, 0.3) is 0 Å². The first-order valence-corrected chi connectivity index (χ1v) is 10.8. The van der Waals surface area contributed by atoms with Gasteiger partial charge >= 0.3 is 5.97 Å². The van der Waals surface area contributed by atoms with Crippen molar-refractivity contribution in [3.05, 3.63) is 60.2 Å². The summed E-state index contributed by atoms with van der Waals surface area (Å²) in [4.78, 5) is 16.9. The zero-order valence-corrected chi connectivity index (χ0v) is 17.0. The van der Waals surface area contributed by atoms with Crippen LogP contribution in [0.3, 0.4) is 0 Å². The van der Waals surface area contributed by atoms with Crippen LogP contribution in [0, 0.1) is 35.4 Å². The molecule has 30 heavy (non-hydrogen) atoms. The van der Waals surface area contributed by atoms with Crippen molar-refractivity contribution in [3.8, 4) is 11.1 Å². The predicted octanol–water partition coefficient (Wildman–Crippen LogP) is 4.75. The molecule has 0 spiro atoms. The van der Waals surface area contributed by atoms with Crippen LogP contribution in [0.1, 0.15) is 25.5 Å². The Labute approximate surface area is 176 Å². The SMILES string of the molecule is C[C@H]1OC(=O)[C@@H]2C[C@@H]3COCC[C@H]3[C@H](C=Cc3ccc(-c4cccc(F)c4)cn3)[C@H]12. The molecule has 1 aromatic heterocycles. The molecule has 0 amide bonds. The average molecular weight is 407 g/mol. The number of pyridine rings is 1. The lowest BCUT2D eigenvalue weighted by molar-refractivity contribution is -0.144. The van der Waals surface area contributed by atoms with Gasteiger partial charge in [-0.15, -0.1) is 0 Å². The number of nitrogens with zero attached hydrogens (tertiary/aromatic N) is 1. The highest BCUT2D eigenvalue weighted by Crippen LogP contribution is 2.51. The molecule has 3 aliphatic rings.